The second-order valence-corrected chi connectivity index (χ2v) is 5.69. The Hall–Kier alpha value is -1.30. The predicted molar refractivity (Wildman–Crippen MR) is 92.0 cm³/mol. The average Bonchev–Trinajstić information content (AvgIpc) is 2.38. The van der Waals surface area contributed by atoms with Gasteiger partial charge in [-0.25, -0.2) is 0 Å². The van der Waals surface area contributed by atoms with E-state index in [1.807, 2.05) is 24.3 Å². The molecule has 3 nitrogen and oxygen atoms in total. The van der Waals surface area contributed by atoms with Crippen LogP contribution in [-0.2, 0) is 0 Å². The molecule has 2 aromatic carbocycles. The first-order chi connectivity index (χ1) is 9.58. The number of halogens is 2. The number of ether oxygens (including phenoxy) is 1. The van der Waals surface area contributed by atoms with Crippen molar-refractivity contribution >= 4 is 56.2 Å². The highest BCUT2D eigenvalue weighted by Crippen LogP contribution is 2.27. The Balaban J connectivity index is 2.10. The van der Waals surface area contributed by atoms with E-state index in [0.29, 0.717) is 21.6 Å². The molecule has 0 radical (unpaired) electrons. The number of methoxy groups -OCH3 is 1. The van der Waals surface area contributed by atoms with Crippen LogP contribution in [0.4, 0.5) is 11.4 Å². The average molecular weight is 372 g/mol. The first-order valence-electron chi connectivity index (χ1n) is 5.75. The van der Waals surface area contributed by atoms with Crippen LogP contribution >= 0.6 is 39.7 Å². The lowest BCUT2D eigenvalue weighted by Crippen LogP contribution is -2.19. The smallest absolute Gasteiger partial charge is 0.175 e. The first kappa shape index (κ1) is 15.1. The van der Waals surface area contributed by atoms with Crippen LogP contribution in [0.15, 0.2) is 46.9 Å². The van der Waals surface area contributed by atoms with E-state index in [4.69, 9.17) is 28.6 Å². The largest absolute Gasteiger partial charge is 0.495 e. The monoisotopic (exact) mass is 370 g/mol. The van der Waals surface area contributed by atoms with E-state index in [-0.39, 0.29) is 0 Å². The molecule has 0 amide bonds. The number of benzene rings is 2. The van der Waals surface area contributed by atoms with E-state index in [2.05, 4.69) is 26.6 Å². The molecule has 2 N–H and O–H groups in total. The molecule has 0 saturated carbocycles. The maximum Gasteiger partial charge on any atom is 0.175 e. The number of anilines is 2. The molecule has 20 heavy (non-hydrogen) atoms. The maximum absolute atomic E-state index is 5.97. The van der Waals surface area contributed by atoms with Gasteiger partial charge in [0.05, 0.1) is 12.8 Å². The molecule has 0 aliphatic carbocycles. The van der Waals surface area contributed by atoms with Gasteiger partial charge in [0.2, 0.25) is 0 Å². The van der Waals surface area contributed by atoms with Crippen molar-refractivity contribution < 1.29 is 4.74 Å². The van der Waals surface area contributed by atoms with Crippen molar-refractivity contribution in [3.63, 3.8) is 0 Å². The molecule has 0 aromatic heterocycles. The lowest BCUT2D eigenvalue weighted by Gasteiger charge is -2.13. The topological polar surface area (TPSA) is 33.3 Å². The van der Waals surface area contributed by atoms with E-state index >= 15 is 0 Å². The van der Waals surface area contributed by atoms with Crippen molar-refractivity contribution in [1.29, 1.82) is 0 Å². The minimum atomic E-state index is 0.462. The summed E-state index contributed by atoms with van der Waals surface area (Å²) in [7, 11) is 1.60. The van der Waals surface area contributed by atoms with E-state index in [1.54, 1.807) is 25.3 Å². The molecule has 0 aliphatic heterocycles. The van der Waals surface area contributed by atoms with Gasteiger partial charge in [-0.15, -0.1) is 0 Å². The zero-order valence-corrected chi connectivity index (χ0v) is 13.8. The van der Waals surface area contributed by atoms with E-state index in [0.717, 1.165) is 10.2 Å². The Morgan fingerprint density at radius 1 is 1.20 bits per heavy atom. The lowest BCUT2D eigenvalue weighted by molar-refractivity contribution is 0.417. The molecular formula is C14H12BrClN2OS. The Labute approximate surface area is 136 Å². The second kappa shape index (κ2) is 6.92. The molecule has 0 atom stereocenters. The summed E-state index contributed by atoms with van der Waals surface area (Å²) in [4.78, 5) is 0. The van der Waals surface area contributed by atoms with Gasteiger partial charge in [0.1, 0.15) is 5.75 Å². The van der Waals surface area contributed by atoms with Crippen LogP contribution in [-0.4, -0.2) is 12.2 Å². The number of nitrogens with one attached hydrogen (secondary N) is 2. The summed E-state index contributed by atoms with van der Waals surface area (Å²) < 4.78 is 6.23. The number of thiocarbonyl (C=S) groups is 1. The highest BCUT2D eigenvalue weighted by Gasteiger charge is 2.06. The quantitative estimate of drug-likeness (QED) is 0.750. The molecule has 0 heterocycles. The van der Waals surface area contributed by atoms with Crippen LogP contribution in [0.3, 0.4) is 0 Å². The van der Waals surface area contributed by atoms with Crippen LogP contribution in [0, 0.1) is 0 Å². The summed E-state index contributed by atoms with van der Waals surface area (Å²) in [6.45, 7) is 0. The van der Waals surface area contributed by atoms with Gasteiger partial charge in [-0.2, -0.15) is 0 Å². The molecule has 0 spiro atoms. The van der Waals surface area contributed by atoms with Crippen molar-refractivity contribution in [3.8, 4) is 5.75 Å². The summed E-state index contributed by atoms with van der Waals surface area (Å²) in [5.41, 5.74) is 1.60. The van der Waals surface area contributed by atoms with Crippen LogP contribution in [0.5, 0.6) is 5.75 Å². The van der Waals surface area contributed by atoms with Gasteiger partial charge in [0.15, 0.2) is 5.11 Å². The van der Waals surface area contributed by atoms with E-state index < -0.39 is 0 Å². The van der Waals surface area contributed by atoms with Gasteiger partial charge in [-0.1, -0.05) is 33.6 Å². The number of hydrogen-bond acceptors (Lipinski definition) is 2. The minimum absolute atomic E-state index is 0.462. The van der Waals surface area contributed by atoms with Gasteiger partial charge in [0, 0.05) is 15.2 Å². The Morgan fingerprint density at radius 3 is 2.70 bits per heavy atom. The van der Waals surface area contributed by atoms with Crippen molar-refractivity contribution in [2.24, 2.45) is 0 Å². The SMILES string of the molecule is COc1ccc(Cl)cc1NC(=S)Nc1cccc(Br)c1. The standard InChI is InChI=1S/C14H12BrClN2OS/c1-19-13-6-5-10(16)8-12(13)18-14(20)17-11-4-2-3-9(15)7-11/h2-8H,1H3,(H2,17,18,20). The fourth-order valence-corrected chi connectivity index (χ4v) is 2.43. The molecule has 0 aliphatic rings. The lowest BCUT2D eigenvalue weighted by atomic mass is 10.3. The molecule has 2 rings (SSSR count). The summed E-state index contributed by atoms with van der Waals surface area (Å²) >= 11 is 14.7. The zero-order valence-electron chi connectivity index (χ0n) is 10.6. The van der Waals surface area contributed by atoms with Crippen molar-refractivity contribution in [2.45, 2.75) is 0 Å². The Kier molecular flexibility index (Phi) is 5.23. The number of rotatable bonds is 3. The van der Waals surface area contributed by atoms with Crippen molar-refractivity contribution in [3.05, 3.63) is 52.0 Å². The van der Waals surface area contributed by atoms with Crippen molar-refractivity contribution in [2.75, 3.05) is 17.7 Å². The third kappa shape index (κ3) is 4.10. The maximum atomic E-state index is 5.97. The van der Waals surface area contributed by atoms with Gasteiger partial charge >= 0.3 is 0 Å². The molecule has 0 unspecified atom stereocenters. The fraction of sp³-hybridized carbons (Fsp3) is 0.0714. The summed E-state index contributed by atoms with van der Waals surface area (Å²) in [5.74, 6) is 0.674. The highest BCUT2D eigenvalue weighted by molar-refractivity contribution is 9.10. The van der Waals surface area contributed by atoms with Gasteiger partial charge in [0.25, 0.3) is 0 Å². The fourth-order valence-electron chi connectivity index (χ4n) is 1.63. The minimum Gasteiger partial charge on any atom is -0.495 e. The van der Waals surface area contributed by atoms with Gasteiger partial charge < -0.3 is 15.4 Å². The normalized spacial score (nSPS) is 9.95. The molecule has 0 fully saturated rings. The second-order valence-electron chi connectivity index (χ2n) is 3.93. The van der Waals surface area contributed by atoms with Crippen LogP contribution in [0.1, 0.15) is 0 Å². The predicted octanol–water partition coefficient (Wildman–Crippen LogP) is 4.92. The molecule has 0 bridgehead atoms. The van der Waals surface area contributed by atoms with Crippen molar-refractivity contribution in [1.82, 2.24) is 0 Å². The third-order valence-electron chi connectivity index (χ3n) is 2.49. The van der Waals surface area contributed by atoms with Crippen LogP contribution < -0.4 is 15.4 Å². The molecule has 104 valence electrons. The highest BCUT2D eigenvalue weighted by atomic mass is 79.9. The molecular weight excluding hydrogens is 360 g/mol. The first-order valence-corrected chi connectivity index (χ1v) is 7.33. The van der Waals surface area contributed by atoms with E-state index in [1.165, 1.54) is 0 Å². The van der Waals surface area contributed by atoms with Gasteiger partial charge in [-0.3, -0.25) is 0 Å². The number of hydrogen-bond donors (Lipinski definition) is 2. The van der Waals surface area contributed by atoms with Crippen LogP contribution in [0.25, 0.3) is 0 Å². The van der Waals surface area contributed by atoms with Crippen LogP contribution in [0.2, 0.25) is 5.02 Å². The Morgan fingerprint density at radius 2 is 2.00 bits per heavy atom. The zero-order chi connectivity index (χ0) is 14.5. The molecule has 6 heteroatoms. The molecule has 2 aromatic rings. The molecule has 0 saturated heterocycles. The Bertz CT molecular complexity index is 636. The summed E-state index contributed by atoms with van der Waals surface area (Å²) in [5, 5.41) is 7.23. The van der Waals surface area contributed by atoms with E-state index in [9.17, 15) is 0 Å². The van der Waals surface area contributed by atoms with Gasteiger partial charge in [-0.05, 0) is 48.6 Å². The summed E-state index contributed by atoms with van der Waals surface area (Å²) in [6, 6.07) is 13.0. The summed E-state index contributed by atoms with van der Waals surface area (Å²) in [6.07, 6.45) is 0. The third-order valence-corrected chi connectivity index (χ3v) is 3.42.